The molecule has 0 radical (unpaired) electrons. The Hall–Kier alpha value is -1.13. The van der Waals surface area contributed by atoms with Crippen molar-refractivity contribution < 1.29 is 9.47 Å². The fraction of sp³-hybridized carbons (Fsp3) is 0.688. The Bertz CT molecular complexity index is 401. The van der Waals surface area contributed by atoms with Crippen LogP contribution in [0, 0.1) is 0 Å². The van der Waals surface area contributed by atoms with Crippen molar-refractivity contribution in [3.8, 4) is 0 Å². The topological polar surface area (TPSA) is 43.4 Å². The summed E-state index contributed by atoms with van der Waals surface area (Å²) in [5, 5.41) is 3.30. The van der Waals surface area contributed by atoms with Crippen LogP contribution in [0.5, 0.6) is 0 Å². The lowest BCUT2D eigenvalue weighted by Crippen LogP contribution is -2.33. The SMILES string of the molecule is CCCNc1cc(COC2CC(C)OC(C)C2)ccn1. The van der Waals surface area contributed by atoms with Gasteiger partial charge in [0.1, 0.15) is 5.82 Å². The zero-order chi connectivity index (χ0) is 14.4. The quantitative estimate of drug-likeness (QED) is 0.866. The molecule has 1 aromatic heterocycles. The van der Waals surface area contributed by atoms with Crippen LogP contribution >= 0.6 is 0 Å². The zero-order valence-corrected chi connectivity index (χ0v) is 12.8. The number of aromatic nitrogens is 1. The van der Waals surface area contributed by atoms with Crippen LogP contribution in [-0.4, -0.2) is 29.8 Å². The van der Waals surface area contributed by atoms with Gasteiger partial charge in [0.25, 0.3) is 0 Å². The van der Waals surface area contributed by atoms with E-state index in [0.717, 1.165) is 31.6 Å². The van der Waals surface area contributed by atoms with Crippen LogP contribution < -0.4 is 5.32 Å². The first-order valence-corrected chi connectivity index (χ1v) is 7.63. The normalized spacial score (nSPS) is 26.4. The van der Waals surface area contributed by atoms with E-state index in [2.05, 4.69) is 37.1 Å². The van der Waals surface area contributed by atoms with E-state index in [1.807, 2.05) is 12.3 Å². The third-order valence-electron chi connectivity index (χ3n) is 3.52. The van der Waals surface area contributed by atoms with Gasteiger partial charge in [-0.2, -0.15) is 0 Å². The Balaban J connectivity index is 1.84. The molecule has 2 heterocycles. The minimum Gasteiger partial charge on any atom is -0.375 e. The lowest BCUT2D eigenvalue weighted by molar-refractivity contribution is -0.106. The van der Waals surface area contributed by atoms with Crippen LogP contribution in [0.25, 0.3) is 0 Å². The first kappa shape index (κ1) is 15.3. The standard InChI is InChI=1S/C16H26N2O2/c1-4-6-17-16-10-14(5-7-18-16)11-19-15-8-12(2)20-13(3)9-15/h5,7,10,12-13,15H,4,6,8-9,11H2,1-3H3,(H,17,18). The fourth-order valence-electron chi connectivity index (χ4n) is 2.61. The molecule has 2 atom stereocenters. The molecule has 1 aliphatic heterocycles. The van der Waals surface area contributed by atoms with Crippen molar-refractivity contribution in [1.82, 2.24) is 4.98 Å². The maximum atomic E-state index is 6.03. The maximum absolute atomic E-state index is 6.03. The van der Waals surface area contributed by atoms with Crippen molar-refractivity contribution in [1.29, 1.82) is 0 Å². The molecule has 0 bridgehead atoms. The van der Waals surface area contributed by atoms with Crippen LogP contribution in [-0.2, 0) is 16.1 Å². The molecule has 1 N–H and O–H groups in total. The molecule has 4 nitrogen and oxygen atoms in total. The van der Waals surface area contributed by atoms with E-state index < -0.39 is 0 Å². The van der Waals surface area contributed by atoms with Gasteiger partial charge in [0.05, 0.1) is 24.9 Å². The number of anilines is 1. The second kappa shape index (κ2) is 7.60. The third-order valence-corrected chi connectivity index (χ3v) is 3.52. The van der Waals surface area contributed by atoms with Gasteiger partial charge in [-0.15, -0.1) is 0 Å². The Kier molecular flexibility index (Phi) is 5.80. The molecular weight excluding hydrogens is 252 g/mol. The number of pyridine rings is 1. The molecule has 1 aromatic rings. The summed E-state index contributed by atoms with van der Waals surface area (Å²) in [5.74, 6) is 0.932. The number of hydrogen-bond donors (Lipinski definition) is 1. The Labute approximate surface area is 121 Å². The minimum absolute atomic E-state index is 0.294. The number of ether oxygens (including phenoxy) is 2. The van der Waals surface area contributed by atoms with Crippen molar-refractivity contribution in [3.05, 3.63) is 23.9 Å². The molecule has 112 valence electrons. The second-order valence-electron chi connectivity index (χ2n) is 5.64. The molecule has 0 amide bonds. The summed E-state index contributed by atoms with van der Waals surface area (Å²) in [7, 11) is 0. The largest absolute Gasteiger partial charge is 0.375 e. The van der Waals surface area contributed by atoms with E-state index in [-0.39, 0.29) is 0 Å². The van der Waals surface area contributed by atoms with Gasteiger partial charge in [-0.25, -0.2) is 4.98 Å². The van der Waals surface area contributed by atoms with E-state index in [1.165, 1.54) is 5.56 Å². The summed E-state index contributed by atoms with van der Waals surface area (Å²) in [6.45, 7) is 7.98. The highest BCUT2D eigenvalue weighted by Gasteiger charge is 2.24. The number of hydrogen-bond acceptors (Lipinski definition) is 4. The summed E-state index contributed by atoms with van der Waals surface area (Å²) in [5.41, 5.74) is 1.17. The van der Waals surface area contributed by atoms with E-state index in [1.54, 1.807) is 0 Å². The van der Waals surface area contributed by atoms with E-state index in [9.17, 15) is 0 Å². The van der Waals surface area contributed by atoms with Gasteiger partial charge in [-0.1, -0.05) is 6.92 Å². The summed E-state index contributed by atoms with van der Waals surface area (Å²) in [6.07, 6.45) is 5.79. The smallest absolute Gasteiger partial charge is 0.126 e. The average Bonchev–Trinajstić information content (AvgIpc) is 2.42. The predicted molar refractivity (Wildman–Crippen MR) is 80.8 cm³/mol. The summed E-state index contributed by atoms with van der Waals surface area (Å²) >= 11 is 0. The highest BCUT2D eigenvalue weighted by Crippen LogP contribution is 2.22. The van der Waals surface area contributed by atoms with Crippen molar-refractivity contribution in [3.63, 3.8) is 0 Å². The molecule has 0 aromatic carbocycles. The van der Waals surface area contributed by atoms with Crippen LogP contribution in [0.3, 0.4) is 0 Å². The Morgan fingerprint density at radius 1 is 1.35 bits per heavy atom. The van der Waals surface area contributed by atoms with Crippen LogP contribution in [0.15, 0.2) is 18.3 Å². The first-order valence-electron chi connectivity index (χ1n) is 7.63. The van der Waals surface area contributed by atoms with Gasteiger partial charge >= 0.3 is 0 Å². The molecule has 2 unspecified atom stereocenters. The summed E-state index contributed by atoms with van der Waals surface area (Å²) in [6, 6.07) is 4.09. The van der Waals surface area contributed by atoms with Gasteiger partial charge in [0.2, 0.25) is 0 Å². The molecule has 1 fully saturated rings. The van der Waals surface area contributed by atoms with Crippen molar-refractivity contribution in [2.45, 2.75) is 65.0 Å². The Morgan fingerprint density at radius 2 is 2.10 bits per heavy atom. The average molecular weight is 278 g/mol. The van der Waals surface area contributed by atoms with E-state index >= 15 is 0 Å². The molecule has 20 heavy (non-hydrogen) atoms. The monoisotopic (exact) mass is 278 g/mol. The van der Waals surface area contributed by atoms with Gasteiger partial charge < -0.3 is 14.8 Å². The zero-order valence-electron chi connectivity index (χ0n) is 12.8. The molecule has 0 aliphatic carbocycles. The molecule has 1 saturated heterocycles. The van der Waals surface area contributed by atoms with Gasteiger partial charge in [0, 0.05) is 12.7 Å². The number of rotatable bonds is 6. The number of nitrogens with zero attached hydrogens (tertiary/aromatic N) is 1. The van der Waals surface area contributed by atoms with Gasteiger partial charge in [0.15, 0.2) is 0 Å². The minimum atomic E-state index is 0.294. The van der Waals surface area contributed by atoms with Gasteiger partial charge in [-0.3, -0.25) is 0 Å². The maximum Gasteiger partial charge on any atom is 0.126 e. The van der Waals surface area contributed by atoms with Crippen LogP contribution in [0.2, 0.25) is 0 Å². The Morgan fingerprint density at radius 3 is 2.80 bits per heavy atom. The van der Waals surface area contributed by atoms with E-state index in [4.69, 9.17) is 9.47 Å². The molecule has 2 rings (SSSR count). The van der Waals surface area contributed by atoms with Crippen molar-refractivity contribution in [2.24, 2.45) is 0 Å². The van der Waals surface area contributed by atoms with Gasteiger partial charge in [-0.05, 0) is 50.8 Å². The predicted octanol–water partition coefficient (Wildman–Crippen LogP) is 3.38. The summed E-state index contributed by atoms with van der Waals surface area (Å²) in [4.78, 5) is 4.31. The molecule has 4 heteroatoms. The lowest BCUT2D eigenvalue weighted by Gasteiger charge is -2.32. The lowest BCUT2D eigenvalue weighted by atomic mass is 10.0. The molecule has 0 saturated carbocycles. The van der Waals surface area contributed by atoms with Crippen LogP contribution in [0.1, 0.15) is 45.6 Å². The van der Waals surface area contributed by atoms with Crippen LogP contribution in [0.4, 0.5) is 5.82 Å². The third kappa shape index (κ3) is 4.76. The molecule has 1 aliphatic rings. The summed E-state index contributed by atoms with van der Waals surface area (Å²) < 4.78 is 11.8. The van der Waals surface area contributed by atoms with Crippen molar-refractivity contribution >= 4 is 5.82 Å². The van der Waals surface area contributed by atoms with Crippen molar-refractivity contribution in [2.75, 3.05) is 11.9 Å². The second-order valence-corrected chi connectivity index (χ2v) is 5.64. The molecule has 0 spiro atoms. The first-order chi connectivity index (χ1) is 9.67. The highest BCUT2D eigenvalue weighted by molar-refractivity contribution is 5.37. The highest BCUT2D eigenvalue weighted by atomic mass is 16.5. The van der Waals surface area contributed by atoms with E-state index in [0.29, 0.717) is 24.9 Å². The number of nitrogens with one attached hydrogen (secondary N) is 1. The fourth-order valence-corrected chi connectivity index (χ4v) is 2.61. The molecular formula is C16H26N2O2.